The lowest BCUT2D eigenvalue weighted by atomic mass is 10.1. The van der Waals surface area contributed by atoms with Gasteiger partial charge in [-0.05, 0) is 121 Å². The highest BCUT2D eigenvalue weighted by molar-refractivity contribution is 14.1. The summed E-state index contributed by atoms with van der Waals surface area (Å²) in [6, 6.07) is 16.8. The van der Waals surface area contributed by atoms with Crippen LogP contribution in [0.4, 0.5) is 0 Å². The number of benzene rings is 3. The molecule has 0 unspecified atom stereocenters. The Kier molecular flexibility index (Phi) is 8.34. The van der Waals surface area contributed by atoms with Crippen molar-refractivity contribution in [1.29, 1.82) is 0 Å². The van der Waals surface area contributed by atoms with E-state index in [1.807, 2.05) is 55.5 Å². The number of hydrogen-bond donors (Lipinski definition) is 0. The summed E-state index contributed by atoms with van der Waals surface area (Å²) in [5, 5.41) is 0.646. The number of halogens is 4. The monoisotopic (exact) mass is 715 g/mol. The van der Waals surface area contributed by atoms with Crippen LogP contribution in [0.15, 0.2) is 74.2 Å². The van der Waals surface area contributed by atoms with E-state index in [2.05, 4.69) is 59.4 Å². The lowest BCUT2D eigenvalue weighted by Gasteiger charge is -2.15. The quantitative estimate of drug-likeness (QED) is 0.142. The van der Waals surface area contributed by atoms with Crippen molar-refractivity contribution in [2.24, 2.45) is 4.99 Å². The van der Waals surface area contributed by atoms with E-state index >= 15 is 0 Å². The number of cyclic esters (lactones) is 1. The summed E-state index contributed by atoms with van der Waals surface area (Å²) < 4.78 is 19.9. The fourth-order valence-electron chi connectivity index (χ4n) is 3.18. The van der Waals surface area contributed by atoms with Gasteiger partial charge in [-0.15, -0.1) is 0 Å². The van der Waals surface area contributed by atoms with Crippen LogP contribution in [-0.4, -0.2) is 18.5 Å². The molecule has 0 saturated carbocycles. The molecule has 0 radical (unpaired) electrons. The maximum absolute atomic E-state index is 12.5. The zero-order valence-electron chi connectivity index (χ0n) is 17.8. The summed E-state index contributed by atoms with van der Waals surface area (Å²) in [6.07, 6.45) is 1.66. The van der Waals surface area contributed by atoms with E-state index < -0.39 is 5.97 Å². The number of aliphatic imine (C=N–C) groups is 1. The van der Waals surface area contributed by atoms with Crippen molar-refractivity contribution in [1.82, 2.24) is 0 Å². The summed E-state index contributed by atoms with van der Waals surface area (Å²) in [4.78, 5) is 16.9. The maximum Gasteiger partial charge on any atom is 0.363 e. The van der Waals surface area contributed by atoms with Crippen LogP contribution in [0, 0.1) is 3.57 Å². The Bertz CT molecular complexity index is 1330. The van der Waals surface area contributed by atoms with Crippen molar-refractivity contribution in [3.63, 3.8) is 0 Å². The topological polar surface area (TPSA) is 57.1 Å². The molecule has 5 nitrogen and oxygen atoms in total. The number of esters is 1. The second-order valence-electron chi connectivity index (χ2n) is 7.15. The fourth-order valence-corrected chi connectivity index (χ4v) is 4.68. The number of nitrogens with zero attached hydrogens (tertiary/aromatic N) is 1. The minimum Gasteiger partial charge on any atom is -0.490 e. The molecule has 0 atom stereocenters. The van der Waals surface area contributed by atoms with Crippen molar-refractivity contribution < 1.29 is 19.0 Å². The van der Waals surface area contributed by atoms with E-state index in [-0.39, 0.29) is 11.6 Å². The van der Waals surface area contributed by atoms with E-state index in [0.29, 0.717) is 45.3 Å². The van der Waals surface area contributed by atoms with Gasteiger partial charge in [-0.2, -0.15) is 0 Å². The molecule has 3 aromatic rings. The van der Waals surface area contributed by atoms with Crippen molar-refractivity contribution in [3.05, 3.63) is 94.5 Å². The van der Waals surface area contributed by atoms with Crippen LogP contribution in [0.25, 0.3) is 6.08 Å². The van der Waals surface area contributed by atoms with Crippen molar-refractivity contribution in [2.45, 2.75) is 13.5 Å². The first-order chi connectivity index (χ1) is 16.3. The molecular weight excluding hydrogens is 700 g/mol. The van der Waals surface area contributed by atoms with Crippen LogP contribution in [0.5, 0.6) is 11.5 Å². The third-order valence-corrected chi connectivity index (χ3v) is 7.86. The molecule has 3 aromatic carbocycles. The van der Waals surface area contributed by atoms with Gasteiger partial charge in [0.05, 0.1) is 11.1 Å². The van der Waals surface area contributed by atoms with E-state index in [9.17, 15) is 4.79 Å². The molecular formula is C25H17Br2ClINO4. The Hall–Kier alpha value is -1.88. The third kappa shape index (κ3) is 6.02. The van der Waals surface area contributed by atoms with Gasteiger partial charge in [-0.3, -0.25) is 0 Å². The Morgan fingerprint density at radius 2 is 1.91 bits per heavy atom. The number of hydrogen-bond acceptors (Lipinski definition) is 5. The van der Waals surface area contributed by atoms with E-state index in [1.165, 1.54) is 0 Å². The fraction of sp³-hybridized carbons (Fsp3) is 0.120. The van der Waals surface area contributed by atoms with Gasteiger partial charge in [0.1, 0.15) is 6.61 Å². The predicted octanol–water partition coefficient (Wildman–Crippen LogP) is 7.79. The summed E-state index contributed by atoms with van der Waals surface area (Å²) in [6.45, 7) is 2.67. The predicted molar refractivity (Wildman–Crippen MR) is 149 cm³/mol. The number of carbonyl (C=O) groups is 1. The van der Waals surface area contributed by atoms with Gasteiger partial charge in [0.15, 0.2) is 17.2 Å². The molecule has 0 spiro atoms. The highest BCUT2D eigenvalue weighted by Gasteiger charge is 2.25. The second-order valence-corrected chi connectivity index (χ2v) is 10.5. The van der Waals surface area contributed by atoms with E-state index in [0.717, 1.165) is 13.6 Å². The lowest BCUT2D eigenvalue weighted by molar-refractivity contribution is -0.129. The first-order valence-corrected chi connectivity index (χ1v) is 13.2. The molecule has 34 heavy (non-hydrogen) atoms. The lowest BCUT2D eigenvalue weighted by Crippen LogP contribution is -2.05. The number of carbonyl (C=O) groups excluding carboxylic acids is 1. The third-order valence-electron chi connectivity index (χ3n) is 4.69. The molecule has 0 aliphatic carbocycles. The Labute approximate surface area is 232 Å². The molecule has 1 aliphatic heterocycles. The highest BCUT2D eigenvalue weighted by Crippen LogP contribution is 2.38. The van der Waals surface area contributed by atoms with Gasteiger partial charge >= 0.3 is 5.97 Å². The second kappa shape index (κ2) is 11.2. The Morgan fingerprint density at radius 1 is 1.09 bits per heavy atom. The van der Waals surface area contributed by atoms with Crippen molar-refractivity contribution >= 4 is 84.0 Å². The molecule has 1 heterocycles. The average molecular weight is 718 g/mol. The molecule has 4 rings (SSSR count). The first-order valence-electron chi connectivity index (χ1n) is 10.2. The van der Waals surface area contributed by atoms with Crippen LogP contribution in [0.1, 0.15) is 23.6 Å². The maximum atomic E-state index is 12.5. The standard InChI is InChI=1S/C25H17Br2ClINO4/c1-2-32-22-11-15(9-19(27)23(22)33-13-14-4-3-5-17(28)8-14)10-21-25(31)34-24(30-21)16-6-7-20(29)18(26)12-16/h3-12H,2,13H2,1H3/b21-10-. The zero-order chi connectivity index (χ0) is 24.2. The van der Waals surface area contributed by atoms with Gasteiger partial charge in [0.2, 0.25) is 5.90 Å². The van der Waals surface area contributed by atoms with Crippen LogP contribution in [0.2, 0.25) is 5.02 Å². The van der Waals surface area contributed by atoms with Gasteiger partial charge in [-0.1, -0.05) is 23.7 Å². The van der Waals surface area contributed by atoms with Crippen LogP contribution in [0.3, 0.4) is 0 Å². The summed E-state index contributed by atoms with van der Waals surface area (Å²) in [7, 11) is 0. The average Bonchev–Trinajstić information content (AvgIpc) is 3.15. The number of rotatable bonds is 7. The molecule has 174 valence electrons. The van der Waals surface area contributed by atoms with Gasteiger partial charge in [0.25, 0.3) is 0 Å². The molecule has 0 fully saturated rings. The normalized spacial score (nSPS) is 14.2. The summed E-state index contributed by atoms with van der Waals surface area (Å²) in [5.41, 5.74) is 2.56. The van der Waals surface area contributed by atoms with E-state index in [1.54, 1.807) is 12.1 Å². The van der Waals surface area contributed by atoms with Gasteiger partial charge < -0.3 is 14.2 Å². The molecule has 0 bridgehead atoms. The number of ether oxygens (including phenoxy) is 3. The Balaban J connectivity index is 1.61. The van der Waals surface area contributed by atoms with Crippen molar-refractivity contribution in [2.75, 3.05) is 6.61 Å². The molecule has 9 heteroatoms. The molecule has 0 N–H and O–H groups in total. The van der Waals surface area contributed by atoms with Crippen LogP contribution in [-0.2, 0) is 16.1 Å². The largest absolute Gasteiger partial charge is 0.490 e. The van der Waals surface area contributed by atoms with Gasteiger partial charge in [-0.25, -0.2) is 9.79 Å². The van der Waals surface area contributed by atoms with Crippen LogP contribution >= 0.6 is 66.1 Å². The van der Waals surface area contributed by atoms with E-state index in [4.69, 9.17) is 25.8 Å². The first kappa shape index (κ1) is 25.2. The van der Waals surface area contributed by atoms with Gasteiger partial charge in [0, 0.05) is 18.6 Å². The summed E-state index contributed by atoms with van der Waals surface area (Å²) in [5.74, 6) is 0.854. The Morgan fingerprint density at radius 3 is 2.65 bits per heavy atom. The summed E-state index contributed by atoms with van der Waals surface area (Å²) >= 11 is 15.3. The zero-order valence-corrected chi connectivity index (χ0v) is 23.9. The molecule has 0 aromatic heterocycles. The SMILES string of the molecule is CCOc1cc(/C=C2\N=C(c3ccc(I)c(Br)c3)OC2=O)cc(Br)c1OCc1cccc(Cl)c1. The molecule has 0 saturated heterocycles. The molecule has 0 amide bonds. The smallest absolute Gasteiger partial charge is 0.363 e. The van der Waals surface area contributed by atoms with Crippen molar-refractivity contribution in [3.8, 4) is 11.5 Å². The van der Waals surface area contributed by atoms with Crippen LogP contribution < -0.4 is 9.47 Å². The minimum atomic E-state index is -0.514. The highest BCUT2D eigenvalue weighted by atomic mass is 127. The molecule has 1 aliphatic rings. The minimum absolute atomic E-state index is 0.201.